The number of carbonyl (C=O) groups is 1. The van der Waals surface area contributed by atoms with Crippen molar-refractivity contribution < 1.29 is 4.79 Å². The van der Waals surface area contributed by atoms with Crippen molar-refractivity contribution in [3.63, 3.8) is 0 Å². The van der Waals surface area contributed by atoms with Crippen LogP contribution < -0.4 is 11.3 Å². The minimum atomic E-state index is -0.319. The molecule has 0 spiro atoms. The molecule has 0 fully saturated rings. The first-order chi connectivity index (χ1) is 8.19. The molecular weight excluding hydrogens is 220 g/mol. The van der Waals surface area contributed by atoms with E-state index in [2.05, 4.69) is 17.1 Å². The van der Waals surface area contributed by atoms with Crippen molar-refractivity contribution in [2.75, 3.05) is 19.6 Å². The normalized spacial score (nSPS) is 10.2. The maximum Gasteiger partial charge on any atom is 0.274 e. The fourth-order valence-electron chi connectivity index (χ4n) is 1.45. The zero-order valence-corrected chi connectivity index (χ0v) is 9.98. The van der Waals surface area contributed by atoms with E-state index in [-0.39, 0.29) is 17.2 Å². The van der Waals surface area contributed by atoms with Gasteiger partial charge in [-0.25, -0.2) is 5.10 Å². The second kappa shape index (κ2) is 6.80. The van der Waals surface area contributed by atoms with E-state index in [1.165, 1.54) is 12.1 Å². The van der Waals surface area contributed by atoms with Crippen molar-refractivity contribution >= 4 is 5.91 Å². The lowest BCUT2D eigenvalue weighted by Crippen LogP contribution is -2.37. The Bertz CT molecular complexity index is 396. The SMILES string of the molecule is CCCCN(CCN)C(=O)c1ccc(=O)[nH]n1. The molecule has 1 aromatic heterocycles. The van der Waals surface area contributed by atoms with Crippen LogP contribution in [0, 0.1) is 0 Å². The van der Waals surface area contributed by atoms with Crippen LogP contribution >= 0.6 is 0 Å². The minimum absolute atomic E-state index is 0.194. The van der Waals surface area contributed by atoms with Crippen molar-refractivity contribution in [3.8, 4) is 0 Å². The standard InChI is InChI=1S/C11H18N4O2/c1-2-3-7-15(8-6-12)11(17)9-4-5-10(16)14-13-9/h4-5H,2-3,6-8,12H2,1H3,(H,14,16). The first-order valence-electron chi connectivity index (χ1n) is 5.74. The fraction of sp³-hybridized carbons (Fsp3) is 0.545. The molecule has 94 valence electrons. The van der Waals surface area contributed by atoms with Crippen LogP contribution in [-0.2, 0) is 0 Å². The number of aromatic nitrogens is 2. The summed E-state index contributed by atoms with van der Waals surface area (Å²) in [5.41, 5.74) is 5.39. The highest BCUT2D eigenvalue weighted by atomic mass is 16.2. The topological polar surface area (TPSA) is 92.1 Å². The molecule has 0 saturated carbocycles. The van der Waals surface area contributed by atoms with Crippen LogP contribution in [0.1, 0.15) is 30.3 Å². The molecule has 6 heteroatoms. The van der Waals surface area contributed by atoms with Gasteiger partial charge in [-0.3, -0.25) is 9.59 Å². The average Bonchev–Trinajstić information content (AvgIpc) is 2.34. The lowest BCUT2D eigenvalue weighted by atomic mass is 10.2. The molecule has 17 heavy (non-hydrogen) atoms. The Balaban J connectivity index is 2.75. The molecule has 1 heterocycles. The molecule has 1 rings (SSSR count). The Morgan fingerprint density at radius 3 is 2.76 bits per heavy atom. The van der Waals surface area contributed by atoms with E-state index in [1.807, 2.05) is 0 Å². The van der Waals surface area contributed by atoms with Gasteiger partial charge in [-0.05, 0) is 12.5 Å². The van der Waals surface area contributed by atoms with Crippen molar-refractivity contribution in [1.82, 2.24) is 15.1 Å². The van der Waals surface area contributed by atoms with E-state index in [0.29, 0.717) is 19.6 Å². The van der Waals surface area contributed by atoms with E-state index in [1.54, 1.807) is 4.90 Å². The summed E-state index contributed by atoms with van der Waals surface area (Å²) in [7, 11) is 0. The second-order valence-corrected chi connectivity index (χ2v) is 3.74. The van der Waals surface area contributed by atoms with Gasteiger partial charge in [0.15, 0.2) is 0 Å². The molecule has 0 aliphatic carbocycles. The van der Waals surface area contributed by atoms with Crippen LogP contribution in [0.25, 0.3) is 0 Å². The number of nitrogens with one attached hydrogen (secondary N) is 1. The highest BCUT2D eigenvalue weighted by Gasteiger charge is 2.15. The molecule has 0 aliphatic rings. The monoisotopic (exact) mass is 238 g/mol. The van der Waals surface area contributed by atoms with E-state index >= 15 is 0 Å². The zero-order valence-electron chi connectivity index (χ0n) is 9.98. The summed E-state index contributed by atoms with van der Waals surface area (Å²) in [6.07, 6.45) is 1.93. The number of hydrogen-bond acceptors (Lipinski definition) is 4. The number of H-pyrrole nitrogens is 1. The fourth-order valence-corrected chi connectivity index (χ4v) is 1.45. The maximum absolute atomic E-state index is 12.0. The molecule has 1 amide bonds. The summed E-state index contributed by atoms with van der Waals surface area (Å²) < 4.78 is 0. The van der Waals surface area contributed by atoms with E-state index in [9.17, 15) is 9.59 Å². The summed E-state index contributed by atoms with van der Waals surface area (Å²) in [5, 5.41) is 5.97. The summed E-state index contributed by atoms with van der Waals surface area (Å²) in [6.45, 7) is 3.63. The Kier molecular flexibility index (Phi) is 5.35. The van der Waals surface area contributed by atoms with E-state index < -0.39 is 0 Å². The molecule has 0 aromatic carbocycles. The van der Waals surface area contributed by atoms with Gasteiger partial charge in [0.05, 0.1) is 0 Å². The molecule has 0 aliphatic heterocycles. The van der Waals surface area contributed by atoms with Gasteiger partial charge in [0.1, 0.15) is 5.69 Å². The zero-order chi connectivity index (χ0) is 12.7. The summed E-state index contributed by atoms with van der Waals surface area (Å²) >= 11 is 0. The number of hydrogen-bond donors (Lipinski definition) is 2. The molecule has 0 bridgehead atoms. The maximum atomic E-state index is 12.0. The lowest BCUT2D eigenvalue weighted by molar-refractivity contribution is 0.0751. The van der Waals surface area contributed by atoms with Gasteiger partial charge in [0, 0.05) is 25.7 Å². The van der Waals surface area contributed by atoms with Gasteiger partial charge >= 0.3 is 0 Å². The average molecular weight is 238 g/mol. The predicted molar refractivity (Wildman–Crippen MR) is 64.7 cm³/mol. The molecule has 1 aromatic rings. The van der Waals surface area contributed by atoms with E-state index in [4.69, 9.17) is 5.73 Å². The molecule has 0 atom stereocenters. The van der Waals surface area contributed by atoms with E-state index in [0.717, 1.165) is 12.8 Å². The quantitative estimate of drug-likeness (QED) is 0.728. The Labute approximate surface area is 99.8 Å². The van der Waals surface area contributed by atoms with Gasteiger partial charge in [-0.2, -0.15) is 5.10 Å². The number of nitrogens with two attached hydrogens (primary N) is 1. The highest BCUT2D eigenvalue weighted by molar-refractivity contribution is 5.92. The molecule has 0 unspecified atom stereocenters. The number of aromatic amines is 1. The second-order valence-electron chi connectivity index (χ2n) is 3.74. The Morgan fingerprint density at radius 2 is 2.24 bits per heavy atom. The number of rotatable bonds is 6. The number of carbonyl (C=O) groups excluding carboxylic acids is 1. The summed E-state index contributed by atoms with van der Waals surface area (Å²) in [5.74, 6) is -0.194. The van der Waals surface area contributed by atoms with Gasteiger partial charge in [0.2, 0.25) is 0 Å². The summed E-state index contributed by atoms with van der Waals surface area (Å²) in [6, 6.07) is 2.72. The predicted octanol–water partition coefficient (Wildman–Crippen LogP) is -0.0291. The highest BCUT2D eigenvalue weighted by Crippen LogP contribution is 2.01. The van der Waals surface area contributed by atoms with Crippen LogP contribution in [0.3, 0.4) is 0 Å². The molecule has 0 radical (unpaired) electrons. The van der Waals surface area contributed by atoms with Crippen LogP contribution in [0.5, 0.6) is 0 Å². The van der Waals surface area contributed by atoms with Crippen LogP contribution in [0.4, 0.5) is 0 Å². The number of nitrogens with zero attached hydrogens (tertiary/aromatic N) is 2. The van der Waals surface area contributed by atoms with Crippen LogP contribution in [0.15, 0.2) is 16.9 Å². The third kappa shape index (κ3) is 3.99. The van der Waals surface area contributed by atoms with Gasteiger partial charge in [-0.1, -0.05) is 13.3 Å². The first kappa shape index (κ1) is 13.4. The number of amides is 1. The Hall–Kier alpha value is -1.69. The lowest BCUT2D eigenvalue weighted by Gasteiger charge is -2.20. The van der Waals surface area contributed by atoms with Gasteiger partial charge < -0.3 is 10.6 Å². The van der Waals surface area contributed by atoms with Gasteiger partial charge in [0.25, 0.3) is 11.5 Å². The summed E-state index contributed by atoms with van der Waals surface area (Å²) in [4.78, 5) is 24.5. The van der Waals surface area contributed by atoms with Crippen molar-refractivity contribution in [2.45, 2.75) is 19.8 Å². The smallest absolute Gasteiger partial charge is 0.274 e. The third-order valence-corrected chi connectivity index (χ3v) is 2.37. The largest absolute Gasteiger partial charge is 0.336 e. The molecule has 6 nitrogen and oxygen atoms in total. The van der Waals surface area contributed by atoms with Crippen molar-refractivity contribution in [2.24, 2.45) is 5.73 Å². The Morgan fingerprint density at radius 1 is 1.47 bits per heavy atom. The first-order valence-corrected chi connectivity index (χ1v) is 5.74. The number of unbranched alkanes of at least 4 members (excludes halogenated alkanes) is 1. The third-order valence-electron chi connectivity index (χ3n) is 2.37. The molecular formula is C11H18N4O2. The van der Waals surface area contributed by atoms with Gasteiger partial charge in [-0.15, -0.1) is 0 Å². The van der Waals surface area contributed by atoms with Crippen LogP contribution in [0.2, 0.25) is 0 Å². The van der Waals surface area contributed by atoms with Crippen LogP contribution in [-0.4, -0.2) is 40.6 Å². The van der Waals surface area contributed by atoms with Crippen molar-refractivity contribution in [3.05, 3.63) is 28.2 Å². The molecule has 3 N–H and O–H groups in total. The van der Waals surface area contributed by atoms with Crippen molar-refractivity contribution in [1.29, 1.82) is 0 Å². The minimum Gasteiger partial charge on any atom is -0.336 e. The molecule has 0 saturated heterocycles.